The molecule has 0 aromatic heterocycles. The summed E-state index contributed by atoms with van der Waals surface area (Å²) in [6, 6.07) is 0. The van der Waals surface area contributed by atoms with Gasteiger partial charge < -0.3 is 15.0 Å². The minimum atomic E-state index is -0.511. The van der Waals surface area contributed by atoms with Gasteiger partial charge in [0.05, 0.1) is 12.0 Å². The monoisotopic (exact) mass is 384 g/mol. The summed E-state index contributed by atoms with van der Waals surface area (Å²) in [5.74, 6) is 0.180. The Balaban J connectivity index is 1.56. The maximum Gasteiger partial charge on any atom is 0.312 e. The normalized spacial score (nSPS) is 34.4. The molecule has 0 aromatic carbocycles. The van der Waals surface area contributed by atoms with E-state index >= 15 is 0 Å². The number of hydrogen-bond acceptors (Lipinski definition) is 4. The molecule has 0 aliphatic heterocycles. The number of halogens is 1. The Morgan fingerprint density at radius 1 is 1.15 bits per heavy atom. The predicted molar refractivity (Wildman–Crippen MR) is 97.6 cm³/mol. The second kappa shape index (κ2) is 7.37. The van der Waals surface area contributed by atoms with Crippen LogP contribution in [0.5, 0.6) is 0 Å². The van der Waals surface area contributed by atoms with E-state index in [1.807, 2.05) is 6.92 Å². The van der Waals surface area contributed by atoms with Crippen molar-refractivity contribution < 1.29 is 19.1 Å². The molecule has 1 N–H and O–H groups in total. The highest BCUT2D eigenvalue weighted by molar-refractivity contribution is 6.24. The molecule has 0 saturated heterocycles. The predicted octanol–water partition coefficient (Wildman–Crippen LogP) is 2.09. The molecule has 4 aliphatic rings. The van der Waals surface area contributed by atoms with E-state index in [9.17, 15) is 14.4 Å². The highest BCUT2D eigenvalue weighted by atomic mass is 35.5. The van der Waals surface area contributed by atoms with E-state index in [-0.39, 0.29) is 35.8 Å². The van der Waals surface area contributed by atoms with Crippen molar-refractivity contribution in [3.05, 3.63) is 0 Å². The van der Waals surface area contributed by atoms with Crippen molar-refractivity contribution in [1.29, 1.82) is 0 Å². The molecule has 4 aliphatic carbocycles. The second-order valence-electron chi connectivity index (χ2n) is 8.33. The van der Waals surface area contributed by atoms with Crippen LogP contribution in [0, 0.1) is 17.3 Å². The number of hydrogen-bond donors (Lipinski definition) is 1. The molecule has 4 atom stereocenters. The van der Waals surface area contributed by atoms with Crippen molar-refractivity contribution in [2.24, 2.45) is 17.3 Å². The van der Waals surface area contributed by atoms with Gasteiger partial charge in [0.2, 0.25) is 5.91 Å². The van der Waals surface area contributed by atoms with Crippen LogP contribution in [0.1, 0.15) is 52.4 Å². The fourth-order valence-corrected chi connectivity index (χ4v) is 6.26. The number of ether oxygens (including phenoxy) is 1. The lowest BCUT2D eigenvalue weighted by atomic mass is 9.49. The lowest BCUT2D eigenvalue weighted by Crippen LogP contribution is -2.56. The van der Waals surface area contributed by atoms with E-state index < -0.39 is 5.41 Å². The Labute approximate surface area is 160 Å². The third-order valence-electron chi connectivity index (χ3n) is 6.19. The SMILES string of the molecule is CCNC(=O)CN(CC)C(=O)COC(=O)C12C[C@@H]3C[C@@H](CC(Cl)(C3)C1)C2. The Bertz CT molecular complexity index is 580. The van der Waals surface area contributed by atoms with Gasteiger partial charge in [-0.25, -0.2) is 0 Å². The van der Waals surface area contributed by atoms with Crippen LogP contribution in [0.3, 0.4) is 0 Å². The maximum atomic E-state index is 12.8. The summed E-state index contributed by atoms with van der Waals surface area (Å²) in [7, 11) is 0. The molecule has 2 unspecified atom stereocenters. The molecule has 4 saturated carbocycles. The average molecular weight is 385 g/mol. The molecule has 0 radical (unpaired) electrons. The molecule has 146 valence electrons. The first-order valence-electron chi connectivity index (χ1n) is 9.70. The number of likely N-dealkylation sites (N-methyl/N-ethyl adjacent to an activating group) is 2. The van der Waals surface area contributed by atoms with Crippen LogP contribution in [0.25, 0.3) is 0 Å². The molecule has 26 heavy (non-hydrogen) atoms. The number of nitrogens with one attached hydrogen (secondary N) is 1. The second-order valence-corrected chi connectivity index (χ2v) is 9.13. The molecule has 0 aromatic rings. The first kappa shape index (κ1) is 19.5. The summed E-state index contributed by atoms with van der Waals surface area (Å²) in [5.41, 5.74) is -0.511. The summed E-state index contributed by atoms with van der Waals surface area (Å²) in [6.07, 6.45) is 5.49. The maximum absolute atomic E-state index is 12.8. The van der Waals surface area contributed by atoms with Gasteiger partial charge in [0, 0.05) is 18.0 Å². The van der Waals surface area contributed by atoms with Crippen molar-refractivity contribution in [2.75, 3.05) is 26.2 Å². The van der Waals surface area contributed by atoms with E-state index in [4.69, 9.17) is 16.3 Å². The Kier molecular flexibility index (Phi) is 5.52. The topological polar surface area (TPSA) is 75.7 Å². The standard InChI is InChI=1S/C19H29ClN2O4/c1-3-21-15(23)10-22(4-2)16(24)11-26-17(25)18-6-13-5-14(7-18)9-19(20,8-13)12-18/h13-14H,3-12H2,1-2H3,(H,21,23)/t13-,14+,18?,19?. The molecule has 4 bridgehead atoms. The van der Waals surface area contributed by atoms with Gasteiger partial charge >= 0.3 is 5.97 Å². The van der Waals surface area contributed by atoms with Crippen molar-refractivity contribution in [3.63, 3.8) is 0 Å². The van der Waals surface area contributed by atoms with Crippen LogP contribution in [-0.4, -0.2) is 53.8 Å². The van der Waals surface area contributed by atoms with Crippen molar-refractivity contribution >= 4 is 29.4 Å². The number of amides is 2. The molecule has 0 spiro atoms. The highest BCUT2D eigenvalue weighted by Gasteiger charge is 2.60. The Hall–Kier alpha value is -1.30. The Morgan fingerprint density at radius 3 is 2.35 bits per heavy atom. The number of esters is 1. The molecule has 4 fully saturated rings. The van der Waals surface area contributed by atoms with Gasteiger partial charge in [-0.15, -0.1) is 11.6 Å². The molecular formula is C19H29ClN2O4. The largest absolute Gasteiger partial charge is 0.455 e. The van der Waals surface area contributed by atoms with Gasteiger partial charge in [0.1, 0.15) is 0 Å². The van der Waals surface area contributed by atoms with E-state index in [0.717, 1.165) is 25.7 Å². The molecular weight excluding hydrogens is 356 g/mol. The average Bonchev–Trinajstić information content (AvgIpc) is 2.55. The van der Waals surface area contributed by atoms with Crippen LogP contribution in [0.4, 0.5) is 0 Å². The van der Waals surface area contributed by atoms with E-state index in [1.54, 1.807) is 6.92 Å². The fourth-order valence-electron chi connectivity index (χ4n) is 5.56. The van der Waals surface area contributed by atoms with Gasteiger partial charge in [0.15, 0.2) is 6.61 Å². The summed E-state index contributed by atoms with van der Waals surface area (Å²) < 4.78 is 5.44. The Morgan fingerprint density at radius 2 is 1.81 bits per heavy atom. The first-order chi connectivity index (χ1) is 12.3. The summed E-state index contributed by atoms with van der Waals surface area (Å²) >= 11 is 6.76. The zero-order chi connectivity index (χ0) is 18.9. The van der Waals surface area contributed by atoms with Gasteiger partial charge in [-0.05, 0) is 64.2 Å². The van der Waals surface area contributed by atoms with Gasteiger partial charge in [-0.1, -0.05) is 0 Å². The van der Waals surface area contributed by atoms with E-state index in [1.165, 1.54) is 11.3 Å². The molecule has 0 heterocycles. The molecule has 2 amide bonds. The van der Waals surface area contributed by atoms with Gasteiger partial charge in [-0.2, -0.15) is 0 Å². The fraction of sp³-hybridized carbons (Fsp3) is 0.842. The lowest BCUT2D eigenvalue weighted by Gasteiger charge is -2.58. The highest BCUT2D eigenvalue weighted by Crippen LogP contribution is 2.64. The van der Waals surface area contributed by atoms with E-state index in [2.05, 4.69) is 5.32 Å². The number of nitrogens with zero attached hydrogens (tertiary/aromatic N) is 1. The number of rotatable bonds is 7. The minimum absolute atomic E-state index is 0.0131. The van der Waals surface area contributed by atoms with Crippen LogP contribution in [-0.2, 0) is 19.1 Å². The van der Waals surface area contributed by atoms with Crippen molar-refractivity contribution in [1.82, 2.24) is 10.2 Å². The molecule has 7 heteroatoms. The number of carbonyl (C=O) groups excluding carboxylic acids is 3. The van der Waals surface area contributed by atoms with Gasteiger partial charge in [0.25, 0.3) is 5.91 Å². The van der Waals surface area contributed by atoms with Gasteiger partial charge in [-0.3, -0.25) is 14.4 Å². The van der Waals surface area contributed by atoms with Crippen molar-refractivity contribution in [2.45, 2.75) is 57.2 Å². The minimum Gasteiger partial charge on any atom is -0.455 e. The third-order valence-corrected chi connectivity index (χ3v) is 6.63. The summed E-state index contributed by atoms with van der Waals surface area (Å²) in [4.78, 5) is 38.0. The van der Waals surface area contributed by atoms with Crippen molar-refractivity contribution in [3.8, 4) is 0 Å². The summed E-state index contributed by atoms with van der Waals surface area (Å²) in [5, 5.41) is 2.67. The summed E-state index contributed by atoms with van der Waals surface area (Å²) in [6.45, 7) is 4.22. The smallest absolute Gasteiger partial charge is 0.312 e. The third kappa shape index (κ3) is 3.85. The molecule has 6 nitrogen and oxygen atoms in total. The zero-order valence-electron chi connectivity index (χ0n) is 15.7. The first-order valence-corrected chi connectivity index (χ1v) is 10.1. The van der Waals surface area contributed by atoms with Crippen LogP contribution >= 0.6 is 11.6 Å². The van der Waals surface area contributed by atoms with Crippen LogP contribution < -0.4 is 5.32 Å². The van der Waals surface area contributed by atoms with Crippen LogP contribution in [0.2, 0.25) is 0 Å². The quantitative estimate of drug-likeness (QED) is 0.538. The van der Waals surface area contributed by atoms with Crippen LogP contribution in [0.15, 0.2) is 0 Å². The zero-order valence-corrected chi connectivity index (χ0v) is 16.4. The number of alkyl halides is 1. The van der Waals surface area contributed by atoms with E-state index in [0.29, 0.717) is 31.3 Å². The number of carbonyl (C=O) groups is 3. The lowest BCUT2D eigenvalue weighted by molar-refractivity contribution is -0.173. The molecule has 4 rings (SSSR count).